The Bertz CT molecular complexity index is 421. The lowest BCUT2D eigenvalue weighted by atomic mass is 10.2. The van der Waals surface area contributed by atoms with Gasteiger partial charge < -0.3 is 9.80 Å². The van der Waals surface area contributed by atoms with Crippen molar-refractivity contribution in [2.75, 3.05) is 31.6 Å². The van der Waals surface area contributed by atoms with Crippen LogP contribution in [0.5, 0.6) is 0 Å². The molecular weight excluding hydrogens is 232 g/mol. The minimum absolute atomic E-state index is 0.0418. The molecular formula is C12H18N4O2. The highest BCUT2D eigenvalue weighted by atomic mass is 16.6. The predicted octanol–water partition coefficient (Wildman–Crippen LogP) is 1.52. The summed E-state index contributed by atoms with van der Waals surface area (Å²) in [7, 11) is 2.12. The molecule has 1 aromatic rings. The van der Waals surface area contributed by atoms with Gasteiger partial charge in [-0.3, -0.25) is 10.1 Å². The zero-order chi connectivity index (χ0) is 13.1. The first-order chi connectivity index (χ1) is 8.61. The standard InChI is InChI=1S/C12H18N4O2/c1-3-14(2)11-6-7-15(9-11)12-5-4-10(8-13-12)16(17)18/h4-5,8,11H,3,6-7,9H2,1-2H3. The summed E-state index contributed by atoms with van der Waals surface area (Å²) in [4.78, 5) is 18.8. The van der Waals surface area contributed by atoms with Crippen LogP contribution < -0.4 is 4.90 Å². The van der Waals surface area contributed by atoms with Crippen LogP contribution >= 0.6 is 0 Å². The Hall–Kier alpha value is -1.69. The average Bonchev–Trinajstić information content (AvgIpc) is 2.87. The summed E-state index contributed by atoms with van der Waals surface area (Å²) in [6.07, 6.45) is 2.44. The number of likely N-dealkylation sites (N-methyl/N-ethyl adjacent to an activating group) is 1. The summed E-state index contributed by atoms with van der Waals surface area (Å²) in [5.74, 6) is 0.826. The number of nitrogens with zero attached hydrogens (tertiary/aromatic N) is 4. The summed E-state index contributed by atoms with van der Waals surface area (Å²) < 4.78 is 0. The largest absolute Gasteiger partial charge is 0.355 e. The van der Waals surface area contributed by atoms with Crippen molar-refractivity contribution in [2.45, 2.75) is 19.4 Å². The summed E-state index contributed by atoms with van der Waals surface area (Å²) in [6, 6.07) is 3.79. The third-order valence-electron chi connectivity index (χ3n) is 3.55. The second-order valence-corrected chi connectivity index (χ2v) is 4.59. The Balaban J connectivity index is 2.03. The van der Waals surface area contributed by atoms with Crippen LogP contribution in [-0.4, -0.2) is 47.5 Å². The molecule has 0 N–H and O–H groups in total. The first kappa shape index (κ1) is 12.8. The topological polar surface area (TPSA) is 62.5 Å². The Morgan fingerprint density at radius 2 is 2.39 bits per heavy atom. The van der Waals surface area contributed by atoms with Crippen molar-refractivity contribution >= 4 is 11.5 Å². The molecule has 0 amide bonds. The number of rotatable bonds is 4. The molecule has 6 nitrogen and oxygen atoms in total. The molecule has 1 aromatic heterocycles. The highest BCUT2D eigenvalue weighted by molar-refractivity contribution is 5.44. The fourth-order valence-corrected chi connectivity index (χ4v) is 2.24. The predicted molar refractivity (Wildman–Crippen MR) is 69.8 cm³/mol. The van der Waals surface area contributed by atoms with Crippen LogP contribution in [0.25, 0.3) is 0 Å². The van der Waals surface area contributed by atoms with Gasteiger partial charge in [-0.25, -0.2) is 4.98 Å². The molecule has 1 aliphatic heterocycles. The molecule has 0 aliphatic carbocycles. The number of nitro groups is 1. The van der Waals surface area contributed by atoms with E-state index in [1.165, 1.54) is 12.3 Å². The first-order valence-corrected chi connectivity index (χ1v) is 6.17. The number of pyridine rings is 1. The number of hydrogen-bond acceptors (Lipinski definition) is 5. The van der Waals surface area contributed by atoms with Crippen LogP contribution in [0.15, 0.2) is 18.3 Å². The van der Waals surface area contributed by atoms with Gasteiger partial charge in [-0.05, 0) is 26.1 Å². The summed E-state index contributed by atoms with van der Waals surface area (Å²) in [6.45, 7) is 5.08. The van der Waals surface area contributed by atoms with E-state index in [9.17, 15) is 10.1 Å². The molecule has 0 spiro atoms. The van der Waals surface area contributed by atoms with Gasteiger partial charge in [0.2, 0.25) is 0 Å². The van der Waals surface area contributed by atoms with Crippen molar-refractivity contribution in [1.82, 2.24) is 9.88 Å². The molecule has 1 saturated heterocycles. The van der Waals surface area contributed by atoms with Crippen molar-refractivity contribution in [2.24, 2.45) is 0 Å². The summed E-state index contributed by atoms with van der Waals surface area (Å²) >= 11 is 0. The van der Waals surface area contributed by atoms with Gasteiger partial charge >= 0.3 is 0 Å². The van der Waals surface area contributed by atoms with E-state index in [-0.39, 0.29) is 5.69 Å². The fourth-order valence-electron chi connectivity index (χ4n) is 2.24. The summed E-state index contributed by atoms with van der Waals surface area (Å²) in [5, 5.41) is 10.6. The van der Waals surface area contributed by atoms with Crippen LogP contribution in [0.4, 0.5) is 11.5 Å². The van der Waals surface area contributed by atoms with Gasteiger partial charge in [0.15, 0.2) is 0 Å². The van der Waals surface area contributed by atoms with E-state index >= 15 is 0 Å². The SMILES string of the molecule is CCN(C)C1CCN(c2ccc([N+](=O)[O-])cn2)C1. The van der Waals surface area contributed by atoms with Crippen molar-refractivity contribution in [3.8, 4) is 0 Å². The minimum Gasteiger partial charge on any atom is -0.355 e. The smallest absolute Gasteiger partial charge is 0.287 e. The van der Waals surface area contributed by atoms with E-state index in [0.29, 0.717) is 6.04 Å². The molecule has 0 radical (unpaired) electrons. The average molecular weight is 250 g/mol. The van der Waals surface area contributed by atoms with E-state index < -0.39 is 4.92 Å². The van der Waals surface area contributed by atoms with Gasteiger partial charge in [-0.1, -0.05) is 6.92 Å². The Kier molecular flexibility index (Phi) is 3.76. The maximum Gasteiger partial charge on any atom is 0.287 e. The second kappa shape index (κ2) is 5.30. The van der Waals surface area contributed by atoms with Gasteiger partial charge in [0, 0.05) is 25.2 Å². The lowest BCUT2D eigenvalue weighted by Crippen LogP contribution is -2.34. The van der Waals surface area contributed by atoms with E-state index in [1.807, 2.05) is 0 Å². The van der Waals surface area contributed by atoms with E-state index in [0.717, 1.165) is 31.9 Å². The van der Waals surface area contributed by atoms with Crippen molar-refractivity contribution in [3.05, 3.63) is 28.4 Å². The number of hydrogen-bond donors (Lipinski definition) is 0. The van der Waals surface area contributed by atoms with Crippen LogP contribution in [0.3, 0.4) is 0 Å². The molecule has 1 unspecified atom stereocenters. The monoisotopic (exact) mass is 250 g/mol. The van der Waals surface area contributed by atoms with Crippen LogP contribution in [0, 0.1) is 10.1 Å². The molecule has 98 valence electrons. The Labute approximate surface area is 106 Å². The maximum atomic E-state index is 10.6. The molecule has 6 heteroatoms. The van der Waals surface area contributed by atoms with Gasteiger partial charge in [-0.15, -0.1) is 0 Å². The van der Waals surface area contributed by atoms with E-state index in [2.05, 4.69) is 28.8 Å². The fraction of sp³-hybridized carbons (Fsp3) is 0.583. The van der Waals surface area contributed by atoms with Crippen LogP contribution in [-0.2, 0) is 0 Å². The van der Waals surface area contributed by atoms with E-state index in [1.54, 1.807) is 6.07 Å². The van der Waals surface area contributed by atoms with Crippen molar-refractivity contribution < 1.29 is 4.92 Å². The molecule has 0 bridgehead atoms. The van der Waals surface area contributed by atoms with Gasteiger partial charge in [-0.2, -0.15) is 0 Å². The number of aromatic nitrogens is 1. The molecule has 1 atom stereocenters. The van der Waals surface area contributed by atoms with E-state index in [4.69, 9.17) is 0 Å². The third-order valence-corrected chi connectivity index (χ3v) is 3.55. The minimum atomic E-state index is -0.422. The molecule has 2 heterocycles. The van der Waals surface area contributed by atoms with Crippen molar-refractivity contribution in [3.63, 3.8) is 0 Å². The molecule has 2 rings (SSSR count). The quantitative estimate of drug-likeness (QED) is 0.599. The summed E-state index contributed by atoms with van der Waals surface area (Å²) in [5.41, 5.74) is 0.0418. The molecule has 0 saturated carbocycles. The van der Waals surface area contributed by atoms with Gasteiger partial charge in [0.25, 0.3) is 5.69 Å². The van der Waals surface area contributed by atoms with Crippen LogP contribution in [0.2, 0.25) is 0 Å². The van der Waals surface area contributed by atoms with Gasteiger partial charge in [0.05, 0.1) is 4.92 Å². The zero-order valence-corrected chi connectivity index (χ0v) is 10.7. The van der Waals surface area contributed by atoms with Gasteiger partial charge in [0.1, 0.15) is 12.0 Å². The third kappa shape index (κ3) is 2.59. The number of anilines is 1. The highest BCUT2D eigenvalue weighted by Gasteiger charge is 2.25. The lowest BCUT2D eigenvalue weighted by Gasteiger charge is -2.23. The van der Waals surface area contributed by atoms with Crippen LogP contribution in [0.1, 0.15) is 13.3 Å². The molecule has 0 aromatic carbocycles. The zero-order valence-electron chi connectivity index (χ0n) is 10.7. The Morgan fingerprint density at radius 1 is 1.61 bits per heavy atom. The van der Waals surface area contributed by atoms with Crippen molar-refractivity contribution in [1.29, 1.82) is 0 Å². The normalized spacial score (nSPS) is 19.5. The first-order valence-electron chi connectivity index (χ1n) is 6.17. The highest BCUT2D eigenvalue weighted by Crippen LogP contribution is 2.22. The molecule has 1 fully saturated rings. The molecule has 18 heavy (non-hydrogen) atoms. The maximum absolute atomic E-state index is 10.6. The lowest BCUT2D eigenvalue weighted by molar-refractivity contribution is -0.385. The Morgan fingerprint density at radius 3 is 2.94 bits per heavy atom. The molecule has 1 aliphatic rings. The second-order valence-electron chi connectivity index (χ2n) is 4.59.